The quantitative estimate of drug-likeness (QED) is 0.555. The zero-order valence-corrected chi connectivity index (χ0v) is 13.8. The molecule has 0 aliphatic carbocycles. The van der Waals surface area contributed by atoms with Crippen molar-refractivity contribution < 1.29 is 17.6 Å². The Morgan fingerprint density at radius 1 is 1.00 bits per heavy atom. The second kappa shape index (κ2) is 6.27. The smallest absolute Gasteiger partial charge is 0.358 e. The van der Waals surface area contributed by atoms with Gasteiger partial charge in [0.1, 0.15) is 11.9 Å². The van der Waals surface area contributed by atoms with Crippen molar-refractivity contribution >= 4 is 16.6 Å². The van der Waals surface area contributed by atoms with Crippen molar-refractivity contribution in [2.75, 3.05) is 11.4 Å². The van der Waals surface area contributed by atoms with Crippen molar-refractivity contribution in [2.24, 2.45) is 0 Å². The summed E-state index contributed by atoms with van der Waals surface area (Å²) in [4.78, 5) is 5.99. The minimum absolute atomic E-state index is 0.0686. The molecule has 0 N–H and O–H groups in total. The lowest BCUT2D eigenvalue weighted by molar-refractivity contribution is -0.145. The van der Waals surface area contributed by atoms with Crippen LogP contribution in [0.3, 0.4) is 0 Å². The number of anilines is 1. The van der Waals surface area contributed by atoms with Crippen molar-refractivity contribution in [2.45, 2.75) is 25.1 Å². The Kier molecular flexibility index (Phi) is 4.05. The van der Waals surface area contributed by atoms with Gasteiger partial charge in [-0.3, -0.25) is 0 Å². The van der Waals surface area contributed by atoms with Crippen molar-refractivity contribution in [1.29, 1.82) is 0 Å². The van der Waals surface area contributed by atoms with Gasteiger partial charge in [-0.2, -0.15) is 13.2 Å². The van der Waals surface area contributed by atoms with Crippen LogP contribution < -0.4 is 4.90 Å². The number of hydrogen-bond donors (Lipinski definition) is 0. The van der Waals surface area contributed by atoms with Gasteiger partial charge in [0.15, 0.2) is 0 Å². The highest BCUT2D eigenvalue weighted by Gasteiger charge is 2.46. The standard InChI is InChI=1S/C20H16F4N2/c21-15-9-7-13(8-10-15)19-17(12-14-4-1-2-5-16(14)25-19)26-11-3-6-18(26)20(22,23)24/h1-2,4-5,7-10,12,18H,3,6,11H2. The van der Waals surface area contributed by atoms with Crippen LogP contribution in [0.4, 0.5) is 23.2 Å². The maximum Gasteiger partial charge on any atom is 0.408 e. The molecule has 0 spiro atoms. The third-order valence-electron chi connectivity index (χ3n) is 4.76. The summed E-state index contributed by atoms with van der Waals surface area (Å²) in [5, 5.41) is 0.779. The van der Waals surface area contributed by atoms with Crippen LogP contribution in [0.2, 0.25) is 0 Å². The number of nitrogens with zero attached hydrogens (tertiary/aromatic N) is 2. The Hall–Kier alpha value is -2.63. The highest BCUT2D eigenvalue weighted by Crippen LogP contribution is 2.40. The van der Waals surface area contributed by atoms with Gasteiger partial charge in [0.05, 0.1) is 16.9 Å². The zero-order valence-electron chi connectivity index (χ0n) is 13.8. The predicted octanol–water partition coefficient (Wildman–Crippen LogP) is 5.57. The maximum absolute atomic E-state index is 13.5. The lowest BCUT2D eigenvalue weighted by atomic mass is 10.1. The molecule has 0 radical (unpaired) electrons. The summed E-state index contributed by atoms with van der Waals surface area (Å²) >= 11 is 0. The normalized spacial score (nSPS) is 17.8. The van der Waals surface area contributed by atoms with E-state index in [-0.39, 0.29) is 6.42 Å². The van der Waals surface area contributed by atoms with E-state index < -0.39 is 18.0 Å². The summed E-state index contributed by atoms with van der Waals surface area (Å²) in [6.07, 6.45) is -3.76. The average Bonchev–Trinajstić information content (AvgIpc) is 3.11. The average molecular weight is 360 g/mol. The molecule has 3 aromatic rings. The minimum atomic E-state index is -4.30. The van der Waals surface area contributed by atoms with Crippen LogP contribution in [-0.2, 0) is 0 Å². The van der Waals surface area contributed by atoms with Crippen LogP contribution in [0.15, 0.2) is 54.6 Å². The third-order valence-corrected chi connectivity index (χ3v) is 4.76. The van der Waals surface area contributed by atoms with Crippen LogP contribution in [-0.4, -0.2) is 23.7 Å². The Balaban J connectivity index is 1.91. The number of alkyl halides is 3. The van der Waals surface area contributed by atoms with E-state index in [1.165, 1.54) is 17.0 Å². The SMILES string of the molecule is Fc1ccc(-c2nc3ccccc3cc2N2CCCC2C(F)(F)F)cc1. The molecule has 4 rings (SSSR count). The van der Waals surface area contributed by atoms with E-state index in [2.05, 4.69) is 4.98 Å². The molecule has 1 aliphatic heterocycles. The lowest BCUT2D eigenvalue weighted by Gasteiger charge is -2.30. The monoisotopic (exact) mass is 360 g/mol. The highest BCUT2D eigenvalue weighted by atomic mass is 19.4. The number of benzene rings is 2. The number of halogens is 4. The van der Waals surface area contributed by atoms with E-state index in [1.807, 2.05) is 24.3 Å². The van der Waals surface area contributed by atoms with E-state index in [4.69, 9.17) is 0 Å². The van der Waals surface area contributed by atoms with Gasteiger partial charge in [0.2, 0.25) is 0 Å². The van der Waals surface area contributed by atoms with Crippen molar-refractivity contribution in [3.63, 3.8) is 0 Å². The van der Waals surface area contributed by atoms with E-state index >= 15 is 0 Å². The molecule has 1 saturated heterocycles. The number of rotatable bonds is 2. The number of aromatic nitrogens is 1. The molecule has 1 atom stereocenters. The van der Waals surface area contributed by atoms with Gasteiger partial charge >= 0.3 is 6.18 Å². The number of fused-ring (bicyclic) bond motifs is 1. The number of pyridine rings is 1. The van der Waals surface area contributed by atoms with Gasteiger partial charge in [-0.1, -0.05) is 18.2 Å². The molecule has 6 heteroatoms. The molecule has 0 amide bonds. The van der Waals surface area contributed by atoms with Crippen molar-refractivity contribution in [3.05, 3.63) is 60.4 Å². The number of hydrogen-bond acceptors (Lipinski definition) is 2. The molecule has 26 heavy (non-hydrogen) atoms. The Morgan fingerprint density at radius 2 is 1.73 bits per heavy atom. The molecule has 134 valence electrons. The Morgan fingerprint density at radius 3 is 2.46 bits per heavy atom. The topological polar surface area (TPSA) is 16.1 Å². The first-order valence-electron chi connectivity index (χ1n) is 8.42. The first-order valence-corrected chi connectivity index (χ1v) is 8.42. The second-order valence-corrected chi connectivity index (χ2v) is 6.45. The second-order valence-electron chi connectivity index (χ2n) is 6.45. The first kappa shape index (κ1) is 16.8. The van der Waals surface area contributed by atoms with Crippen LogP contribution >= 0.6 is 0 Å². The van der Waals surface area contributed by atoms with E-state index in [0.29, 0.717) is 35.4 Å². The molecule has 0 saturated carbocycles. The summed E-state index contributed by atoms with van der Waals surface area (Å²) in [6.45, 7) is 0.318. The first-order chi connectivity index (χ1) is 12.4. The van der Waals surface area contributed by atoms with Crippen LogP contribution in [0, 0.1) is 5.82 Å². The molecule has 2 aromatic carbocycles. The van der Waals surface area contributed by atoms with Gasteiger partial charge in [-0.25, -0.2) is 9.37 Å². The van der Waals surface area contributed by atoms with Gasteiger partial charge < -0.3 is 4.90 Å². The summed E-state index contributed by atoms with van der Waals surface area (Å²) < 4.78 is 53.8. The number of para-hydroxylation sites is 1. The Bertz CT molecular complexity index is 935. The van der Waals surface area contributed by atoms with Gasteiger partial charge in [-0.05, 0) is 49.2 Å². The molecule has 1 aliphatic rings. The van der Waals surface area contributed by atoms with Crippen LogP contribution in [0.1, 0.15) is 12.8 Å². The molecule has 2 nitrogen and oxygen atoms in total. The van der Waals surface area contributed by atoms with Crippen molar-refractivity contribution in [1.82, 2.24) is 4.98 Å². The van der Waals surface area contributed by atoms with E-state index in [9.17, 15) is 17.6 Å². The summed E-state index contributed by atoms with van der Waals surface area (Å²) in [5.74, 6) is -0.398. The van der Waals surface area contributed by atoms with E-state index in [0.717, 1.165) is 5.39 Å². The molecule has 2 heterocycles. The van der Waals surface area contributed by atoms with Crippen molar-refractivity contribution in [3.8, 4) is 11.3 Å². The minimum Gasteiger partial charge on any atom is -0.358 e. The van der Waals surface area contributed by atoms with Gasteiger partial charge in [0.25, 0.3) is 0 Å². The van der Waals surface area contributed by atoms with Gasteiger partial charge in [-0.15, -0.1) is 0 Å². The molecule has 1 unspecified atom stereocenters. The fourth-order valence-electron chi connectivity index (χ4n) is 3.54. The molecule has 1 aromatic heterocycles. The molecular weight excluding hydrogens is 344 g/mol. The Labute approximate surface area is 148 Å². The predicted molar refractivity (Wildman–Crippen MR) is 93.6 cm³/mol. The van der Waals surface area contributed by atoms with Crippen LogP contribution in [0.5, 0.6) is 0 Å². The molecular formula is C20H16F4N2. The summed E-state index contributed by atoms with van der Waals surface area (Å²) in [6, 6.07) is 13.2. The third kappa shape index (κ3) is 3.00. The highest BCUT2D eigenvalue weighted by molar-refractivity contribution is 5.89. The van der Waals surface area contributed by atoms with E-state index in [1.54, 1.807) is 18.2 Å². The molecule has 1 fully saturated rings. The summed E-state index contributed by atoms with van der Waals surface area (Å²) in [7, 11) is 0. The van der Waals surface area contributed by atoms with Gasteiger partial charge in [0, 0.05) is 17.5 Å². The fraction of sp³-hybridized carbons (Fsp3) is 0.250. The zero-order chi connectivity index (χ0) is 18.3. The fourth-order valence-corrected chi connectivity index (χ4v) is 3.54. The molecule has 0 bridgehead atoms. The van der Waals surface area contributed by atoms with Crippen LogP contribution in [0.25, 0.3) is 22.2 Å². The summed E-state index contributed by atoms with van der Waals surface area (Å²) in [5.41, 5.74) is 2.17. The maximum atomic E-state index is 13.5. The largest absolute Gasteiger partial charge is 0.408 e. The lowest BCUT2D eigenvalue weighted by Crippen LogP contribution is -2.41.